The molecule has 0 spiro atoms. The maximum absolute atomic E-state index is 11.4. The van der Waals surface area contributed by atoms with E-state index in [2.05, 4.69) is 5.32 Å². The molecule has 1 aromatic rings. The van der Waals surface area contributed by atoms with E-state index in [9.17, 15) is 4.79 Å². The van der Waals surface area contributed by atoms with Crippen molar-refractivity contribution in [1.82, 2.24) is 0 Å². The Labute approximate surface area is 110 Å². The lowest BCUT2D eigenvalue weighted by Gasteiger charge is -2.15. The zero-order valence-electron chi connectivity index (χ0n) is 10.2. The third kappa shape index (κ3) is 2.46. The lowest BCUT2D eigenvalue weighted by Crippen LogP contribution is -2.24. The number of esters is 1. The van der Waals surface area contributed by atoms with E-state index in [-0.39, 0.29) is 12.0 Å². The number of ether oxygens (including phenoxy) is 3. The standard InChI is InChI=1S/C12H14ClNO4/c1-16-10-6-11(17-2)9(5-7(10)13)14-8-3-4-18-12(8)15/h5-6,8,14H,3-4H2,1-2H3/t8-/m0/s1. The summed E-state index contributed by atoms with van der Waals surface area (Å²) in [6, 6.07) is 2.99. The van der Waals surface area contributed by atoms with E-state index in [1.165, 1.54) is 7.11 Å². The van der Waals surface area contributed by atoms with Crippen LogP contribution in [0.25, 0.3) is 0 Å². The lowest BCUT2D eigenvalue weighted by atomic mass is 10.2. The summed E-state index contributed by atoms with van der Waals surface area (Å²) in [7, 11) is 3.07. The van der Waals surface area contributed by atoms with Crippen molar-refractivity contribution in [3.8, 4) is 11.5 Å². The van der Waals surface area contributed by atoms with Gasteiger partial charge in [0.2, 0.25) is 0 Å². The molecular weight excluding hydrogens is 258 g/mol. The normalized spacial score (nSPS) is 18.4. The number of carbonyl (C=O) groups excluding carboxylic acids is 1. The fourth-order valence-electron chi connectivity index (χ4n) is 1.79. The highest BCUT2D eigenvalue weighted by atomic mass is 35.5. The monoisotopic (exact) mass is 271 g/mol. The number of cyclic esters (lactones) is 1. The maximum atomic E-state index is 11.4. The first-order chi connectivity index (χ1) is 8.65. The second-order valence-electron chi connectivity index (χ2n) is 3.84. The molecule has 0 aromatic heterocycles. The first-order valence-corrected chi connectivity index (χ1v) is 5.88. The molecule has 1 aromatic carbocycles. The van der Waals surface area contributed by atoms with Crippen molar-refractivity contribution in [2.75, 3.05) is 26.1 Å². The van der Waals surface area contributed by atoms with Gasteiger partial charge in [0.25, 0.3) is 0 Å². The van der Waals surface area contributed by atoms with Gasteiger partial charge in [-0.2, -0.15) is 0 Å². The molecule has 5 nitrogen and oxygen atoms in total. The van der Waals surface area contributed by atoms with Crippen LogP contribution in [-0.4, -0.2) is 32.8 Å². The van der Waals surface area contributed by atoms with Gasteiger partial charge in [-0.15, -0.1) is 0 Å². The zero-order chi connectivity index (χ0) is 13.1. The van der Waals surface area contributed by atoms with Crippen LogP contribution in [0, 0.1) is 0 Å². The van der Waals surface area contributed by atoms with Gasteiger partial charge in [-0.1, -0.05) is 11.6 Å². The average molecular weight is 272 g/mol. The summed E-state index contributed by atoms with van der Waals surface area (Å²) < 4.78 is 15.2. The zero-order valence-corrected chi connectivity index (χ0v) is 10.9. The summed E-state index contributed by atoms with van der Waals surface area (Å²) in [5.74, 6) is 0.827. The first kappa shape index (κ1) is 12.8. The predicted molar refractivity (Wildman–Crippen MR) is 67.5 cm³/mol. The van der Waals surface area contributed by atoms with Crippen LogP contribution in [0.5, 0.6) is 11.5 Å². The SMILES string of the molecule is COc1cc(OC)c(N[C@H]2CCOC2=O)cc1Cl. The quantitative estimate of drug-likeness (QED) is 0.850. The Kier molecular flexibility index (Phi) is 3.81. The molecule has 0 unspecified atom stereocenters. The topological polar surface area (TPSA) is 56.8 Å². The van der Waals surface area contributed by atoms with Crippen LogP contribution >= 0.6 is 11.6 Å². The molecule has 1 N–H and O–H groups in total. The van der Waals surface area contributed by atoms with Crippen molar-refractivity contribution >= 4 is 23.3 Å². The van der Waals surface area contributed by atoms with Crippen LogP contribution < -0.4 is 14.8 Å². The van der Waals surface area contributed by atoms with Crippen LogP contribution in [-0.2, 0) is 9.53 Å². The molecule has 0 radical (unpaired) electrons. The summed E-state index contributed by atoms with van der Waals surface area (Å²) in [5, 5.41) is 3.51. The van der Waals surface area contributed by atoms with Crippen LogP contribution in [0.3, 0.4) is 0 Å². The van der Waals surface area contributed by atoms with E-state index in [1.807, 2.05) is 0 Å². The third-order valence-electron chi connectivity index (χ3n) is 2.74. The fraction of sp³-hybridized carbons (Fsp3) is 0.417. The Morgan fingerprint density at radius 3 is 2.61 bits per heavy atom. The van der Waals surface area contributed by atoms with Gasteiger partial charge in [0, 0.05) is 12.5 Å². The van der Waals surface area contributed by atoms with Gasteiger partial charge in [0.15, 0.2) is 0 Å². The number of anilines is 1. The van der Waals surface area contributed by atoms with Crippen molar-refractivity contribution < 1.29 is 19.0 Å². The molecular formula is C12H14ClNO4. The molecule has 0 bridgehead atoms. The van der Waals surface area contributed by atoms with E-state index in [0.717, 1.165) is 0 Å². The van der Waals surface area contributed by atoms with Crippen molar-refractivity contribution in [3.63, 3.8) is 0 Å². The van der Waals surface area contributed by atoms with Gasteiger partial charge < -0.3 is 19.5 Å². The van der Waals surface area contributed by atoms with E-state index < -0.39 is 0 Å². The highest BCUT2D eigenvalue weighted by molar-refractivity contribution is 6.32. The molecule has 0 saturated carbocycles. The number of hydrogen-bond donors (Lipinski definition) is 1. The van der Waals surface area contributed by atoms with Crippen LogP contribution in [0.2, 0.25) is 5.02 Å². The van der Waals surface area contributed by atoms with Gasteiger partial charge in [0.05, 0.1) is 31.5 Å². The van der Waals surface area contributed by atoms with Gasteiger partial charge in [0.1, 0.15) is 17.5 Å². The average Bonchev–Trinajstić information content (AvgIpc) is 2.75. The molecule has 1 saturated heterocycles. The maximum Gasteiger partial charge on any atom is 0.328 e. The first-order valence-electron chi connectivity index (χ1n) is 5.50. The second-order valence-corrected chi connectivity index (χ2v) is 4.25. The largest absolute Gasteiger partial charge is 0.495 e. The molecule has 1 aliphatic heterocycles. The van der Waals surface area contributed by atoms with Crippen LogP contribution in [0.1, 0.15) is 6.42 Å². The highest BCUT2D eigenvalue weighted by Crippen LogP contribution is 2.36. The minimum absolute atomic E-state index is 0.260. The minimum Gasteiger partial charge on any atom is -0.495 e. The van der Waals surface area contributed by atoms with Gasteiger partial charge in [-0.05, 0) is 6.07 Å². The molecule has 0 amide bonds. The molecule has 2 rings (SSSR count). The Morgan fingerprint density at radius 1 is 1.33 bits per heavy atom. The molecule has 1 atom stereocenters. The molecule has 98 valence electrons. The third-order valence-corrected chi connectivity index (χ3v) is 3.03. The Morgan fingerprint density at radius 2 is 2.06 bits per heavy atom. The number of halogens is 1. The number of carbonyl (C=O) groups is 1. The van der Waals surface area contributed by atoms with E-state index in [0.29, 0.717) is 35.2 Å². The second kappa shape index (κ2) is 5.35. The number of nitrogens with one attached hydrogen (secondary N) is 1. The minimum atomic E-state index is -0.358. The Hall–Kier alpha value is -1.62. The van der Waals surface area contributed by atoms with Gasteiger partial charge >= 0.3 is 5.97 Å². The fourth-order valence-corrected chi connectivity index (χ4v) is 2.03. The summed E-state index contributed by atoms with van der Waals surface area (Å²) in [6.07, 6.45) is 0.631. The van der Waals surface area contributed by atoms with Gasteiger partial charge in [-0.25, -0.2) is 4.79 Å². The molecule has 0 aliphatic carbocycles. The molecule has 6 heteroatoms. The van der Waals surface area contributed by atoms with Crippen LogP contribution in [0.15, 0.2) is 12.1 Å². The molecule has 18 heavy (non-hydrogen) atoms. The number of benzene rings is 1. The Balaban J connectivity index is 2.26. The van der Waals surface area contributed by atoms with Crippen LogP contribution in [0.4, 0.5) is 5.69 Å². The van der Waals surface area contributed by atoms with E-state index >= 15 is 0 Å². The number of methoxy groups -OCH3 is 2. The van der Waals surface area contributed by atoms with Crippen molar-refractivity contribution in [3.05, 3.63) is 17.2 Å². The molecule has 1 fully saturated rings. The van der Waals surface area contributed by atoms with Gasteiger partial charge in [-0.3, -0.25) is 0 Å². The molecule has 1 heterocycles. The number of hydrogen-bond acceptors (Lipinski definition) is 5. The predicted octanol–water partition coefficient (Wildman–Crippen LogP) is 2.08. The summed E-state index contributed by atoms with van der Waals surface area (Å²) in [6.45, 7) is 0.433. The van der Waals surface area contributed by atoms with Crippen molar-refractivity contribution in [2.45, 2.75) is 12.5 Å². The van der Waals surface area contributed by atoms with E-state index in [1.54, 1.807) is 19.2 Å². The lowest BCUT2D eigenvalue weighted by molar-refractivity contribution is -0.138. The summed E-state index contributed by atoms with van der Waals surface area (Å²) >= 11 is 6.04. The van der Waals surface area contributed by atoms with E-state index in [4.69, 9.17) is 25.8 Å². The summed E-state index contributed by atoms with van der Waals surface area (Å²) in [5.41, 5.74) is 0.646. The van der Waals surface area contributed by atoms with Crippen molar-refractivity contribution in [1.29, 1.82) is 0 Å². The number of rotatable bonds is 4. The van der Waals surface area contributed by atoms with Crippen molar-refractivity contribution in [2.24, 2.45) is 0 Å². The Bertz CT molecular complexity index is 464. The molecule has 1 aliphatic rings. The highest BCUT2D eigenvalue weighted by Gasteiger charge is 2.27. The summed E-state index contributed by atoms with van der Waals surface area (Å²) in [4.78, 5) is 11.4. The smallest absolute Gasteiger partial charge is 0.328 e.